The van der Waals surface area contributed by atoms with Crippen molar-refractivity contribution in [2.75, 3.05) is 7.11 Å². The summed E-state index contributed by atoms with van der Waals surface area (Å²) in [5.41, 5.74) is -0.0971. The number of hydrogen-bond donors (Lipinski definition) is 0. The molecule has 0 spiro atoms. The number of ether oxygens (including phenoxy) is 1. The van der Waals surface area contributed by atoms with Crippen LogP contribution >= 0.6 is 15.9 Å². The lowest BCUT2D eigenvalue weighted by molar-refractivity contribution is 0.102. The Bertz CT molecular complexity index is 604. The number of hydrogen-bond acceptors (Lipinski definition) is 4. The first-order valence-electron chi connectivity index (χ1n) is 4.99. The number of methoxy groups -OCH3 is 1. The Kier molecular flexibility index (Phi) is 3.66. The highest BCUT2D eigenvalue weighted by Gasteiger charge is 2.21. The van der Waals surface area contributed by atoms with E-state index in [0.717, 1.165) is 0 Å². The van der Waals surface area contributed by atoms with Gasteiger partial charge in [0.25, 0.3) is 0 Å². The lowest BCUT2D eigenvalue weighted by atomic mass is 10.1. The average Bonchev–Trinajstić information content (AvgIpc) is 2.41. The van der Waals surface area contributed by atoms with E-state index in [1.165, 1.54) is 31.6 Å². The van der Waals surface area contributed by atoms with Crippen LogP contribution in [0.15, 0.2) is 35.1 Å². The van der Waals surface area contributed by atoms with Crippen LogP contribution in [-0.2, 0) is 0 Å². The quantitative estimate of drug-likeness (QED) is 0.818. The molecule has 0 fully saturated rings. The molecule has 0 aliphatic carbocycles. The molecule has 0 radical (unpaired) electrons. The molecule has 0 saturated heterocycles. The summed E-state index contributed by atoms with van der Waals surface area (Å²) in [6.07, 6.45) is 2.75. The van der Waals surface area contributed by atoms with E-state index in [1.54, 1.807) is 6.07 Å². The summed E-state index contributed by atoms with van der Waals surface area (Å²) in [4.78, 5) is 19.9. The first-order valence-corrected chi connectivity index (χ1v) is 5.78. The minimum Gasteiger partial charge on any atom is -0.479 e. The molecule has 0 saturated carbocycles. The van der Waals surface area contributed by atoms with E-state index in [-0.39, 0.29) is 21.6 Å². The highest BCUT2D eigenvalue weighted by Crippen LogP contribution is 2.22. The zero-order valence-corrected chi connectivity index (χ0v) is 10.9. The number of rotatable bonds is 3. The molecule has 1 aromatic carbocycles. The summed E-state index contributed by atoms with van der Waals surface area (Å²) >= 11 is 3.03. The Labute approximate surface area is 111 Å². The molecule has 1 heterocycles. The maximum Gasteiger partial charge on any atom is 0.243 e. The first kappa shape index (κ1) is 12.6. The summed E-state index contributed by atoms with van der Waals surface area (Å²) in [5, 5.41) is 0. The second kappa shape index (κ2) is 5.22. The normalized spacial score (nSPS) is 10.2. The van der Waals surface area contributed by atoms with Gasteiger partial charge in [0.1, 0.15) is 5.82 Å². The third-order valence-corrected chi connectivity index (χ3v) is 2.88. The molecule has 0 bridgehead atoms. The number of halogens is 2. The summed E-state index contributed by atoms with van der Waals surface area (Å²) in [7, 11) is 1.37. The summed E-state index contributed by atoms with van der Waals surface area (Å²) in [6, 6.07) is 4.47. The van der Waals surface area contributed by atoms with Gasteiger partial charge >= 0.3 is 0 Å². The van der Waals surface area contributed by atoms with E-state index in [0.29, 0.717) is 0 Å². The molecule has 1 aromatic heterocycles. The van der Waals surface area contributed by atoms with Crippen molar-refractivity contribution in [2.45, 2.75) is 0 Å². The molecule has 0 aliphatic rings. The molecule has 0 atom stereocenters. The van der Waals surface area contributed by atoms with E-state index < -0.39 is 11.6 Å². The van der Waals surface area contributed by atoms with E-state index in [1.807, 2.05) is 0 Å². The van der Waals surface area contributed by atoms with Crippen molar-refractivity contribution in [1.29, 1.82) is 0 Å². The number of carbonyl (C=O) groups is 1. The van der Waals surface area contributed by atoms with E-state index >= 15 is 0 Å². The standard InChI is InChI=1S/C12H8BrFN2O2/c1-18-12-10(15-5-6-16-12)11(17)7-3-2-4-8(13)9(7)14/h2-6H,1H3. The monoisotopic (exact) mass is 310 g/mol. The van der Waals surface area contributed by atoms with Gasteiger partial charge in [-0.3, -0.25) is 4.79 Å². The fourth-order valence-corrected chi connectivity index (χ4v) is 1.80. The molecule has 92 valence electrons. The first-order chi connectivity index (χ1) is 8.65. The number of carbonyl (C=O) groups excluding carboxylic acids is 1. The molecule has 2 aromatic rings. The van der Waals surface area contributed by atoms with Gasteiger partial charge in [0.2, 0.25) is 11.7 Å². The van der Waals surface area contributed by atoms with Crippen LogP contribution in [0.2, 0.25) is 0 Å². The molecule has 4 nitrogen and oxygen atoms in total. The Hall–Kier alpha value is -1.82. The number of benzene rings is 1. The molecule has 0 aliphatic heterocycles. The van der Waals surface area contributed by atoms with Crippen molar-refractivity contribution in [3.05, 3.63) is 52.1 Å². The fraction of sp³-hybridized carbons (Fsp3) is 0.0833. The highest BCUT2D eigenvalue weighted by molar-refractivity contribution is 9.10. The van der Waals surface area contributed by atoms with Gasteiger partial charge in [-0.2, -0.15) is 0 Å². The maximum absolute atomic E-state index is 13.8. The molecule has 0 N–H and O–H groups in total. The molecular formula is C12H8BrFN2O2. The van der Waals surface area contributed by atoms with Gasteiger partial charge < -0.3 is 4.74 Å². The third kappa shape index (κ3) is 2.24. The summed E-state index contributed by atoms with van der Waals surface area (Å²) in [6.45, 7) is 0. The van der Waals surface area contributed by atoms with Gasteiger partial charge in [-0.25, -0.2) is 14.4 Å². The van der Waals surface area contributed by atoms with Crippen molar-refractivity contribution >= 4 is 21.7 Å². The lowest BCUT2D eigenvalue weighted by Crippen LogP contribution is -2.09. The predicted octanol–water partition coefficient (Wildman–Crippen LogP) is 2.62. The van der Waals surface area contributed by atoms with Crippen LogP contribution in [0.25, 0.3) is 0 Å². The van der Waals surface area contributed by atoms with Crippen LogP contribution in [0.4, 0.5) is 4.39 Å². The van der Waals surface area contributed by atoms with Crippen LogP contribution in [-0.4, -0.2) is 22.9 Å². The average molecular weight is 311 g/mol. The molecule has 18 heavy (non-hydrogen) atoms. The van der Waals surface area contributed by atoms with Crippen LogP contribution < -0.4 is 4.74 Å². The van der Waals surface area contributed by atoms with Gasteiger partial charge in [0.05, 0.1) is 17.1 Å². The zero-order valence-electron chi connectivity index (χ0n) is 9.35. The van der Waals surface area contributed by atoms with Crippen molar-refractivity contribution in [1.82, 2.24) is 9.97 Å². The highest BCUT2D eigenvalue weighted by atomic mass is 79.9. The van der Waals surface area contributed by atoms with E-state index in [2.05, 4.69) is 25.9 Å². The molecular weight excluding hydrogens is 303 g/mol. The van der Waals surface area contributed by atoms with Crippen molar-refractivity contribution in [3.63, 3.8) is 0 Å². The van der Waals surface area contributed by atoms with E-state index in [9.17, 15) is 9.18 Å². The maximum atomic E-state index is 13.8. The number of nitrogens with zero attached hydrogens (tertiary/aromatic N) is 2. The SMILES string of the molecule is COc1nccnc1C(=O)c1cccc(Br)c1F. The van der Waals surface area contributed by atoms with E-state index in [4.69, 9.17) is 4.74 Å². The minimum atomic E-state index is -0.629. The zero-order chi connectivity index (χ0) is 13.1. The largest absolute Gasteiger partial charge is 0.479 e. The molecule has 2 rings (SSSR count). The fourth-order valence-electron chi connectivity index (χ4n) is 1.44. The van der Waals surface area contributed by atoms with Crippen LogP contribution in [0.1, 0.15) is 16.1 Å². The van der Waals surface area contributed by atoms with Crippen LogP contribution in [0, 0.1) is 5.82 Å². The van der Waals surface area contributed by atoms with Crippen molar-refractivity contribution in [2.24, 2.45) is 0 Å². The Morgan fingerprint density at radius 1 is 1.33 bits per heavy atom. The lowest BCUT2D eigenvalue weighted by Gasteiger charge is -2.06. The molecule has 0 unspecified atom stereocenters. The Morgan fingerprint density at radius 3 is 2.78 bits per heavy atom. The predicted molar refractivity (Wildman–Crippen MR) is 66.1 cm³/mol. The minimum absolute atomic E-state index is 0.0167. The third-order valence-electron chi connectivity index (χ3n) is 2.27. The Balaban J connectivity index is 2.52. The van der Waals surface area contributed by atoms with Crippen LogP contribution in [0.5, 0.6) is 5.88 Å². The Morgan fingerprint density at radius 2 is 2.06 bits per heavy atom. The second-order valence-electron chi connectivity index (χ2n) is 3.34. The van der Waals surface area contributed by atoms with Gasteiger partial charge in [0, 0.05) is 12.4 Å². The summed E-state index contributed by atoms with van der Waals surface area (Å²) < 4.78 is 19.0. The van der Waals surface area contributed by atoms with Gasteiger partial charge in [0.15, 0.2) is 5.69 Å². The van der Waals surface area contributed by atoms with Gasteiger partial charge in [-0.1, -0.05) is 6.07 Å². The van der Waals surface area contributed by atoms with Crippen molar-refractivity contribution < 1.29 is 13.9 Å². The molecule has 6 heteroatoms. The number of aromatic nitrogens is 2. The van der Waals surface area contributed by atoms with Crippen molar-refractivity contribution in [3.8, 4) is 5.88 Å². The number of ketones is 1. The van der Waals surface area contributed by atoms with Gasteiger partial charge in [-0.05, 0) is 28.1 Å². The molecule has 0 amide bonds. The van der Waals surface area contributed by atoms with Gasteiger partial charge in [-0.15, -0.1) is 0 Å². The summed E-state index contributed by atoms with van der Waals surface area (Å²) in [5.74, 6) is -1.13. The van der Waals surface area contributed by atoms with Crippen LogP contribution in [0.3, 0.4) is 0 Å². The second-order valence-corrected chi connectivity index (χ2v) is 4.20. The smallest absolute Gasteiger partial charge is 0.243 e. The topological polar surface area (TPSA) is 52.1 Å².